The molecule has 118 valence electrons. The zero-order valence-corrected chi connectivity index (χ0v) is 13.3. The summed E-state index contributed by atoms with van der Waals surface area (Å²) in [5, 5.41) is 0. The molecular weight excluding hydrogens is 264 g/mol. The van der Waals surface area contributed by atoms with Crippen LogP contribution in [0.1, 0.15) is 57.4 Å². The van der Waals surface area contributed by atoms with Gasteiger partial charge in [-0.15, -0.1) is 0 Å². The highest BCUT2D eigenvalue weighted by Crippen LogP contribution is 2.15. The molecule has 0 heterocycles. The lowest BCUT2D eigenvalue weighted by Crippen LogP contribution is -2.18. The first-order valence-corrected chi connectivity index (χ1v) is 7.98. The summed E-state index contributed by atoms with van der Waals surface area (Å²) in [6.07, 6.45) is 7.33. The molecule has 0 aliphatic heterocycles. The van der Waals surface area contributed by atoms with Crippen LogP contribution in [0.25, 0.3) is 0 Å². The molecule has 1 rings (SSSR count). The molecule has 1 aromatic rings. The fraction of sp³-hybridized carbons (Fsp3) is 0.611. The Bertz CT molecular complexity index is 375. The van der Waals surface area contributed by atoms with Gasteiger partial charge >= 0.3 is 5.97 Å². The molecule has 0 aromatic heterocycles. The molecule has 1 atom stereocenters. The van der Waals surface area contributed by atoms with E-state index in [1.54, 1.807) is 0 Å². The normalized spacial score (nSPS) is 12.1. The largest absolute Gasteiger partial charge is 0.469 e. The predicted molar refractivity (Wildman–Crippen MR) is 85.0 cm³/mol. The van der Waals surface area contributed by atoms with Crippen molar-refractivity contribution >= 4 is 5.97 Å². The van der Waals surface area contributed by atoms with Gasteiger partial charge < -0.3 is 9.47 Å². The summed E-state index contributed by atoms with van der Waals surface area (Å²) < 4.78 is 10.7. The maximum atomic E-state index is 11.5. The van der Waals surface area contributed by atoms with Gasteiger partial charge in [-0.1, -0.05) is 69.4 Å². The van der Waals surface area contributed by atoms with E-state index in [2.05, 4.69) is 6.92 Å². The zero-order valence-electron chi connectivity index (χ0n) is 13.3. The Morgan fingerprint density at radius 3 is 2.48 bits per heavy atom. The second-order valence-corrected chi connectivity index (χ2v) is 5.40. The van der Waals surface area contributed by atoms with Gasteiger partial charge in [0, 0.05) is 0 Å². The van der Waals surface area contributed by atoms with Crippen molar-refractivity contribution in [2.45, 2.75) is 64.6 Å². The highest BCUT2D eigenvalue weighted by molar-refractivity contribution is 5.69. The first-order chi connectivity index (χ1) is 10.3. The molecule has 0 saturated heterocycles. The average Bonchev–Trinajstić information content (AvgIpc) is 2.53. The average molecular weight is 292 g/mol. The van der Waals surface area contributed by atoms with Gasteiger partial charge in [-0.3, -0.25) is 4.79 Å². The number of benzene rings is 1. The fourth-order valence-electron chi connectivity index (χ4n) is 2.28. The fourth-order valence-corrected chi connectivity index (χ4v) is 2.28. The number of unbranched alkanes of at least 4 members (excludes halogenated alkanes) is 4. The molecule has 1 aromatic carbocycles. The van der Waals surface area contributed by atoms with Crippen molar-refractivity contribution < 1.29 is 14.3 Å². The summed E-state index contributed by atoms with van der Waals surface area (Å²) >= 11 is 0. The van der Waals surface area contributed by atoms with E-state index in [0.717, 1.165) is 18.4 Å². The zero-order chi connectivity index (χ0) is 15.3. The van der Waals surface area contributed by atoms with Gasteiger partial charge in [0.1, 0.15) is 0 Å². The minimum Gasteiger partial charge on any atom is -0.469 e. The van der Waals surface area contributed by atoms with Crippen molar-refractivity contribution in [3.8, 4) is 0 Å². The van der Waals surface area contributed by atoms with Crippen molar-refractivity contribution in [1.29, 1.82) is 0 Å². The van der Waals surface area contributed by atoms with Gasteiger partial charge in [-0.2, -0.15) is 0 Å². The molecule has 0 spiro atoms. The minimum atomic E-state index is -0.193. The maximum Gasteiger partial charge on any atom is 0.308 e. The van der Waals surface area contributed by atoms with Crippen LogP contribution >= 0.6 is 0 Å². The Kier molecular flexibility index (Phi) is 9.55. The molecule has 0 bridgehead atoms. The van der Waals surface area contributed by atoms with Crippen molar-refractivity contribution in [3.05, 3.63) is 35.9 Å². The molecule has 0 saturated carbocycles. The van der Waals surface area contributed by atoms with E-state index in [1.807, 2.05) is 30.3 Å². The van der Waals surface area contributed by atoms with Crippen LogP contribution in [0.4, 0.5) is 0 Å². The predicted octanol–water partition coefficient (Wildman–Crippen LogP) is 4.50. The summed E-state index contributed by atoms with van der Waals surface area (Å²) in [7, 11) is 1.43. The number of rotatable bonds is 11. The van der Waals surface area contributed by atoms with E-state index < -0.39 is 0 Å². The van der Waals surface area contributed by atoms with Crippen LogP contribution in [-0.2, 0) is 20.9 Å². The van der Waals surface area contributed by atoms with Gasteiger partial charge in [0.15, 0.2) is 0 Å². The number of carbonyl (C=O) groups is 1. The quantitative estimate of drug-likeness (QED) is 0.445. The first-order valence-electron chi connectivity index (χ1n) is 7.98. The minimum absolute atomic E-state index is 0.0423. The van der Waals surface area contributed by atoms with Crippen LogP contribution in [0, 0.1) is 0 Å². The van der Waals surface area contributed by atoms with Crippen LogP contribution in [0.3, 0.4) is 0 Å². The number of hydrogen-bond acceptors (Lipinski definition) is 3. The van der Waals surface area contributed by atoms with Crippen LogP contribution in [-0.4, -0.2) is 19.2 Å². The summed E-state index contributed by atoms with van der Waals surface area (Å²) in [5.41, 5.74) is 1.14. The molecule has 0 amide bonds. The highest BCUT2D eigenvalue weighted by Gasteiger charge is 2.14. The van der Waals surface area contributed by atoms with E-state index in [9.17, 15) is 4.79 Å². The van der Waals surface area contributed by atoms with E-state index in [1.165, 1.54) is 32.8 Å². The van der Waals surface area contributed by atoms with E-state index in [4.69, 9.17) is 9.47 Å². The lowest BCUT2D eigenvalue weighted by molar-refractivity contribution is -0.144. The highest BCUT2D eigenvalue weighted by atomic mass is 16.5. The number of carbonyl (C=O) groups excluding carboxylic acids is 1. The molecule has 0 aliphatic carbocycles. The monoisotopic (exact) mass is 292 g/mol. The topological polar surface area (TPSA) is 35.5 Å². The van der Waals surface area contributed by atoms with Crippen LogP contribution < -0.4 is 0 Å². The summed E-state index contributed by atoms with van der Waals surface area (Å²) in [5.74, 6) is -0.193. The van der Waals surface area contributed by atoms with Gasteiger partial charge in [0.05, 0.1) is 26.2 Å². The van der Waals surface area contributed by atoms with Crippen molar-refractivity contribution in [2.75, 3.05) is 7.11 Å². The van der Waals surface area contributed by atoms with Crippen LogP contribution in [0.5, 0.6) is 0 Å². The molecule has 21 heavy (non-hydrogen) atoms. The number of esters is 1. The Hall–Kier alpha value is -1.35. The standard InChI is InChI=1S/C18H28O3/c1-3-4-5-6-10-13-17(14-18(19)20-2)21-15-16-11-8-7-9-12-16/h7-9,11-12,17H,3-6,10,13-15H2,1-2H3. The number of methoxy groups -OCH3 is 1. The lowest BCUT2D eigenvalue weighted by atomic mass is 10.1. The number of hydrogen-bond donors (Lipinski definition) is 0. The Morgan fingerprint density at radius 2 is 1.81 bits per heavy atom. The van der Waals surface area contributed by atoms with Gasteiger partial charge in [-0.25, -0.2) is 0 Å². The molecule has 0 N–H and O–H groups in total. The molecule has 0 aliphatic rings. The molecule has 0 fully saturated rings. The summed E-state index contributed by atoms with van der Waals surface area (Å²) in [6, 6.07) is 10.1. The van der Waals surface area contributed by atoms with E-state index in [0.29, 0.717) is 13.0 Å². The van der Waals surface area contributed by atoms with Crippen molar-refractivity contribution in [3.63, 3.8) is 0 Å². The van der Waals surface area contributed by atoms with Crippen LogP contribution in [0.2, 0.25) is 0 Å². The second-order valence-electron chi connectivity index (χ2n) is 5.40. The molecule has 0 radical (unpaired) electrons. The molecule has 3 nitrogen and oxygen atoms in total. The number of ether oxygens (including phenoxy) is 2. The summed E-state index contributed by atoms with van der Waals surface area (Å²) in [6.45, 7) is 2.76. The van der Waals surface area contributed by atoms with E-state index >= 15 is 0 Å². The lowest BCUT2D eigenvalue weighted by Gasteiger charge is -2.17. The molecular formula is C18H28O3. The maximum absolute atomic E-state index is 11.5. The van der Waals surface area contributed by atoms with Gasteiger partial charge in [0.2, 0.25) is 0 Å². The van der Waals surface area contributed by atoms with Gasteiger partial charge in [0.25, 0.3) is 0 Å². The smallest absolute Gasteiger partial charge is 0.308 e. The SMILES string of the molecule is CCCCCCCC(CC(=O)OC)OCc1ccccc1. The second kappa shape index (κ2) is 11.3. The third-order valence-electron chi connectivity index (χ3n) is 3.58. The summed E-state index contributed by atoms with van der Waals surface area (Å²) in [4.78, 5) is 11.5. The van der Waals surface area contributed by atoms with Gasteiger partial charge in [-0.05, 0) is 12.0 Å². The first kappa shape index (κ1) is 17.7. The Morgan fingerprint density at radius 1 is 1.10 bits per heavy atom. The van der Waals surface area contributed by atoms with E-state index in [-0.39, 0.29) is 12.1 Å². The Labute approximate surface area is 128 Å². The third-order valence-corrected chi connectivity index (χ3v) is 3.58. The van der Waals surface area contributed by atoms with Crippen molar-refractivity contribution in [1.82, 2.24) is 0 Å². The third kappa shape index (κ3) is 8.51. The van der Waals surface area contributed by atoms with Crippen molar-refractivity contribution in [2.24, 2.45) is 0 Å². The Balaban J connectivity index is 2.34. The molecule has 1 unspecified atom stereocenters. The molecule has 3 heteroatoms. The van der Waals surface area contributed by atoms with Crippen LogP contribution in [0.15, 0.2) is 30.3 Å².